The maximum Gasteiger partial charge on any atom is 0.310 e. The van der Waals surface area contributed by atoms with Gasteiger partial charge in [0.1, 0.15) is 0 Å². The van der Waals surface area contributed by atoms with Gasteiger partial charge in [0.25, 0.3) is 0 Å². The number of esters is 2. The van der Waals surface area contributed by atoms with Crippen molar-refractivity contribution in [3.8, 4) is 0 Å². The molecule has 0 fully saturated rings. The summed E-state index contributed by atoms with van der Waals surface area (Å²) in [4.78, 5) is 24.2. The van der Waals surface area contributed by atoms with E-state index in [1.165, 1.54) is 11.1 Å². The predicted octanol–water partition coefficient (Wildman–Crippen LogP) is 3.81. The van der Waals surface area contributed by atoms with Gasteiger partial charge in [0, 0.05) is 0 Å². The van der Waals surface area contributed by atoms with Crippen molar-refractivity contribution < 1.29 is 19.1 Å². The van der Waals surface area contributed by atoms with E-state index in [1.54, 1.807) is 13.8 Å². The second kappa shape index (κ2) is 9.44. The normalized spacial score (nSPS) is 20.8. The highest BCUT2D eigenvalue weighted by atomic mass is 16.5. The van der Waals surface area contributed by atoms with Crippen LogP contribution in [-0.4, -0.2) is 25.2 Å². The van der Waals surface area contributed by atoms with Crippen molar-refractivity contribution in [1.82, 2.24) is 0 Å². The molecule has 22 heavy (non-hydrogen) atoms. The molecule has 0 radical (unpaired) electrons. The van der Waals surface area contributed by atoms with Crippen LogP contribution in [0.15, 0.2) is 23.3 Å². The Morgan fingerprint density at radius 2 is 1.73 bits per heavy atom. The van der Waals surface area contributed by atoms with Crippen LogP contribution in [0, 0.1) is 11.8 Å². The smallest absolute Gasteiger partial charge is 0.310 e. The quantitative estimate of drug-likeness (QED) is 0.530. The molecule has 1 aliphatic rings. The first-order valence-corrected chi connectivity index (χ1v) is 8.14. The molecule has 2 atom stereocenters. The van der Waals surface area contributed by atoms with Crippen molar-refractivity contribution in [2.24, 2.45) is 11.8 Å². The molecule has 0 bridgehead atoms. The number of allylic oxidation sites excluding steroid dienone is 4. The van der Waals surface area contributed by atoms with Gasteiger partial charge in [0.2, 0.25) is 0 Å². The molecule has 0 saturated heterocycles. The van der Waals surface area contributed by atoms with Gasteiger partial charge >= 0.3 is 11.9 Å². The van der Waals surface area contributed by atoms with Crippen LogP contribution in [0.5, 0.6) is 0 Å². The standard InChI is InChI=1S/C18H28O4/c1-5-21-17(19)15-11-10-14(9-7-8-13(3)4)12-16(15)18(20)22-6-2/h8,10,15-16H,5-7,9,11-12H2,1-4H3. The number of hydrogen-bond acceptors (Lipinski definition) is 4. The SMILES string of the molecule is CCOC(=O)C1CC=C(CCC=C(C)C)CC1C(=O)OCC. The van der Waals surface area contributed by atoms with E-state index in [9.17, 15) is 9.59 Å². The van der Waals surface area contributed by atoms with Gasteiger partial charge in [-0.05, 0) is 53.4 Å². The zero-order chi connectivity index (χ0) is 16.5. The van der Waals surface area contributed by atoms with Crippen molar-refractivity contribution in [3.05, 3.63) is 23.3 Å². The van der Waals surface area contributed by atoms with Crippen LogP contribution >= 0.6 is 0 Å². The van der Waals surface area contributed by atoms with Crippen LogP contribution in [0.2, 0.25) is 0 Å². The van der Waals surface area contributed by atoms with Gasteiger partial charge in [-0.15, -0.1) is 0 Å². The van der Waals surface area contributed by atoms with Crippen LogP contribution in [0.3, 0.4) is 0 Å². The number of carbonyl (C=O) groups is 2. The van der Waals surface area contributed by atoms with Crippen LogP contribution < -0.4 is 0 Å². The summed E-state index contributed by atoms with van der Waals surface area (Å²) in [6.07, 6.45) is 7.34. The van der Waals surface area contributed by atoms with Crippen LogP contribution in [0.4, 0.5) is 0 Å². The van der Waals surface area contributed by atoms with Gasteiger partial charge < -0.3 is 9.47 Å². The van der Waals surface area contributed by atoms with E-state index in [0.717, 1.165) is 12.8 Å². The second-order valence-corrected chi connectivity index (χ2v) is 5.84. The number of ether oxygens (including phenoxy) is 2. The second-order valence-electron chi connectivity index (χ2n) is 5.84. The van der Waals surface area contributed by atoms with Crippen LogP contribution in [0.25, 0.3) is 0 Å². The van der Waals surface area contributed by atoms with E-state index in [1.807, 2.05) is 0 Å². The van der Waals surface area contributed by atoms with Crippen molar-refractivity contribution in [2.75, 3.05) is 13.2 Å². The van der Waals surface area contributed by atoms with Crippen LogP contribution in [0.1, 0.15) is 53.4 Å². The monoisotopic (exact) mass is 308 g/mol. The molecule has 1 rings (SSSR count). The van der Waals surface area contributed by atoms with E-state index in [2.05, 4.69) is 26.0 Å². The number of rotatable bonds is 7. The fourth-order valence-electron chi connectivity index (χ4n) is 2.72. The summed E-state index contributed by atoms with van der Waals surface area (Å²) < 4.78 is 10.2. The predicted molar refractivity (Wildman–Crippen MR) is 86.2 cm³/mol. The lowest BCUT2D eigenvalue weighted by molar-refractivity contribution is -0.160. The maximum atomic E-state index is 12.2. The molecule has 1 aliphatic carbocycles. The number of hydrogen-bond donors (Lipinski definition) is 0. The maximum absolute atomic E-state index is 12.2. The summed E-state index contributed by atoms with van der Waals surface area (Å²) in [6, 6.07) is 0. The van der Waals surface area contributed by atoms with Crippen molar-refractivity contribution in [3.63, 3.8) is 0 Å². The largest absolute Gasteiger partial charge is 0.466 e. The van der Waals surface area contributed by atoms with Gasteiger partial charge in [-0.3, -0.25) is 9.59 Å². The van der Waals surface area contributed by atoms with Crippen molar-refractivity contribution in [1.29, 1.82) is 0 Å². The third-order valence-corrected chi connectivity index (χ3v) is 3.82. The van der Waals surface area contributed by atoms with E-state index in [4.69, 9.17) is 9.47 Å². The molecule has 2 unspecified atom stereocenters. The first kappa shape index (κ1) is 18.5. The molecular formula is C18H28O4. The molecule has 0 N–H and O–H groups in total. The van der Waals surface area contributed by atoms with Crippen LogP contribution in [-0.2, 0) is 19.1 Å². The lowest BCUT2D eigenvalue weighted by atomic mass is 9.78. The summed E-state index contributed by atoms with van der Waals surface area (Å²) in [6.45, 7) is 8.39. The molecule has 0 aromatic heterocycles. The fraction of sp³-hybridized carbons (Fsp3) is 0.667. The third-order valence-electron chi connectivity index (χ3n) is 3.82. The van der Waals surface area contributed by atoms with Gasteiger partial charge in [-0.1, -0.05) is 23.3 Å². The topological polar surface area (TPSA) is 52.6 Å². The summed E-state index contributed by atoms with van der Waals surface area (Å²) in [7, 11) is 0. The Hall–Kier alpha value is -1.58. The summed E-state index contributed by atoms with van der Waals surface area (Å²) in [5.74, 6) is -1.40. The first-order chi connectivity index (χ1) is 10.5. The lowest BCUT2D eigenvalue weighted by Crippen LogP contribution is -2.34. The van der Waals surface area contributed by atoms with E-state index in [0.29, 0.717) is 26.1 Å². The van der Waals surface area contributed by atoms with E-state index in [-0.39, 0.29) is 11.9 Å². The molecule has 0 saturated carbocycles. The molecule has 124 valence electrons. The van der Waals surface area contributed by atoms with Gasteiger partial charge in [-0.25, -0.2) is 0 Å². The summed E-state index contributed by atoms with van der Waals surface area (Å²) in [5, 5.41) is 0. The minimum atomic E-state index is -0.411. The molecule has 0 heterocycles. The van der Waals surface area contributed by atoms with Crippen molar-refractivity contribution >= 4 is 11.9 Å². The Bertz CT molecular complexity index is 444. The average Bonchev–Trinajstić information content (AvgIpc) is 2.47. The highest BCUT2D eigenvalue weighted by Gasteiger charge is 2.37. The molecule has 0 aliphatic heterocycles. The Balaban J connectivity index is 2.77. The molecule has 0 aromatic rings. The molecule has 0 amide bonds. The highest BCUT2D eigenvalue weighted by Crippen LogP contribution is 2.33. The first-order valence-electron chi connectivity index (χ1n) is 8.14. The van der Waals surface area contributed by atoms with Gasteiger partial charge in [0.05, 0.1) is 25.0 Å². The summed E-state index contributed by atoms with van der Waals surface area (Å²) in [5.41, 5.74) is 2.53. The molecule has 0 aromatic carbocycles. The Morgan fingerprint density at radius 3 is 2.27 bits per heavy atom. The third kappa shape index (κ3) is 5.66. The van der Waals surface area contributed by atoms with E-state index >= 15 is 0 Å². The molecule has 4 heteroatoms. The Labute approximate surface area is 133 Å². The minimum absolute atomic E-state index is 0.284. The fourth-order valence-corrected chi connectivity index (χ4v) is 2.72. The zero-order valence-electron chi connectivity index (χ0n) is 14.2. The molecule has 0 spiro atoms. The van der Waals surface area contributed by atoms with Gasteiger partial charge in [-0.2, -0.15) is 0 Å². The average molecular weight is 308 g/mol. The lowest BCUT2D eigenvalue weighted by Gasteiger charge is -2.28. The summed E-state index contributed by atoms with van der Waals surface area (Å²) >= 11 is 0. The van der Waals surface area contributed by atoms with Gasteiger partial charge in [0.15, 0.2) is 0 Å². The van der Waals surface area contributed by atoms with E-state index < -0.39 is 11.8 Å². The zero-order valence-corrected chi connectivity index (χ0v) is 14.2. The molecule has 4 nitrogen and oxygen atoms in total. The minimum Gasteiger partial charge on any atom is -0.466 e. The molecular weight excluding hydrogens is 280 g/mol. The van der Waals surface area contributed by atoms with Crippen molar-refractivity contribution in [2.45, 2.75) is 53.4 Å². The Morgan fingerprint density at radius 1 is 1.14 bits per heavy atom. The highest BCUT2D eigenvalue weighted by molar-refractivity contribution is 5.83. The number of carbonyl (C=O) groups excluding carboxylic acids is 2. The Kier molecular flexibility index (Phi) is 7.92.